The standard InChI is InChI=1S/C19H22FN/c1-14(16-9-6-10-17(20)13-16)21-19-12-5-3-8-15-7-2-4-11-18(15)19/h2,4,6-7,9-11,13-14,19,21H,3,5,8,12H2,1H3/t14-,19?/m1/s1. The summed E-state index contributed by atoms with van der Waals surface area (Å²) >= 11 is 0. The predicted octanol–water partition coefficient (Wildman–Crippen LogP) is 4.94. The SMILES string of the molecule is C[C@@H](NC1CCCCc2ccccc21)c1cccc(F)c1. The van der Waals surface area contributed by atoms with Crippen LogP contribution in [0.4, 0.5) is 4.39 Å². The largest absolute Gasteiger partial charge is 0.303 e. The van der Waals surface area contributed by atoms with Gasteiger partial charge in [-0.1, -0.05) is 42.8 Å². The van der Waals surface area contributed by atoms with Crippen LogP contribution in [0.2, 0.25) is 0 Å². The third-order valence-electron chi connectivity index (χ3n) is 4.42. The minimum atomic E-state index is -0.164. The number of nitrogens with one attached hydrogen (secondary N) is 1. The summed E-state index contributed by atoms with van der Waals surface area (Å²) in [7, 11) is 0. The number of hydrogen-bond donors (Lipinski definition) is 1. The minimum Gasteiger partial charge on any atom is -0.303 e. The second kappa shape index (κ2) is 6.40. The van der Waals surface area contributed by atoms with Gasteiger partial charge in [-0.05, 0) is 55.0 Å². The highest BCUT2D eigenvalue weighted by Gasteiger charge is 2.20. The van der Waals surface area contributed by atoms with Gasteiger partial charge < -0.3 is 5.32 Å². The van der Waals surface area contributed by atoms with Gasteiger partial charge in [0, 0.05) is 12.1 Å². The van der Waals surface area contributed by atoms with E-state index in [1.54, 1.807) is 12.1 Å². The second-order valence-electron chi connectivity index (χ2n) is 5.94. The summed E-state index contributed by atoms with van der Waals surface area (Å²) in [5, 5.41) is 3.69. The van der Waals surface area contributed by atoms with Gasteiger partial charge in [-0.25, -0.2) is 4.39 Å². The van der Waals surface area contributed by atoms with E-state index in [1.165, 1.54) is 36.5 Å². The van der Waals surface area contributed by atoms with Gasteiger partial charge >= 0.3 is 0 Å². The average molecular weight is 283 g/mol. The Bertz CT molecular complexity index is 608. The normalized spacial score (nSPS) is 19.6. The van der Waals surface area contributed by atoms with Gasteiger partial charge in [0.25, 0.3) is 0 Å². The lowest BCUT2D eigenvalue weighted by molar-refractivity contribution is 0.436. The Morgan fingerprint density at radius 2 is 1.95 bits per heavy atom. The van der Waals surface area contributed by atoms with Gasteiger partial charge in [-0.2, -0.15) is 0 Å². The maximum atomic E-state index is 13.4. The molecular formula is C19H22FN. The molecule has 21 heavy (non-hydrogen) atoms. The smallest absolute Gasteiger partial charge is 0.123 e. The lowest BCUT2D eigenvalue weighted by Crippen LogP contribution is -2.25. The molecule has 0 fully saturated rings. The van der Waals surface area contributed by atoms with Gasteiger partial charge in [0.2, 0.25) is 0 Å². The molecule has 1 N–H and O–H groups in total. The van der Waals surface area contributed by atoms with Gasteiger partial charge in [0.15, 0.2) is 0 Å². The van der Waals surface area contributed by atoms with Crippen molar-refractivity contribution in [3.63, 3.8) is 0 Å². The summed E-state index contributed by atoms with van der Waals surface area (Å²) in [6.07, 6.45) is 4.81. The maximum Gasteiger partial charge on any atom is 0.123 e. The molecule has 1 aliphatic carbocycles. The highest BCUT2D eigenvalue weighted by Crippen LogP contribution is 2.30. The minimum absolute atomic E-state index is 0.150. The van der Waals surface area contributed by atoms with E-state index >= 15 is 0 Å². The summed E-state index contributed by atoms with van der Waals surface area (Å²) in [6.45, 7) is 2.11. The molecule has 2 atom stereocenters. The van der Waals surface area contributed by atoms with Crippen LogP contribution in [0.3, 0.4) is 0 Å². The molecule has 0 radical (unpaired) electrons. The highest BCUT2D eigenvalue weighted by molar-refractivity contribution is 5.31. The molecule has 1 unspecified atom stereocenters. The van der Waals surface area contributed by atoms with Crippen LogP contribution in [0.15, 0.2) is 48.5 Å². The zero-order valence-corrected chi connectivity index (χ0v) is 12.5. The van der Waals surface area contributed by atoms with Crippen LogP contribution in [0.1, 0.15) is 55.0 Å². The van der Waals surface area contributed by atoms with Gasteiger partial charge in [0.1, 0.15) is 5.82 Å². The van der Waals surface area contributed by atoms with Crippen LogP contribution in [0.5, 0.6) is 0 Å². The lowest BCUT2D eigenvalue weighted by Gasteiger charge is -2.24. The van der Waals surface area contributed by atoms with E-state index in [-0.39, 0.29) is 11.9 Å². The Balaban J connectivity index is 1.81. The van der Waals surface area contributed by atoms with E-state index in [0.29, 0.717) is 6.04 Å². The van der Waals surface area contributed by atoms with E-state index in [4.69, 9.17) is 0 Å². The van der Waals surface area contributed by atoms with Crippen molar-refractivity contribution in [1.82, 2.24) is 5.32 Å². The van der Waals surface area contributed by atoms with Crippen molar-refractivity contribution >= 4 is 0 Å². The lowest BCUT2D eigenvalue weighted by atomic mass is 9.97. The number of rotatable bonds is 3. The molecule has 0 saturated heterocycles. The van der Waals surface area contributed by atoms with Crippen molar-refractivity contribution in [2.24, 2.45) is 0 Å². The topological polar surface area (TPSA) is 12.0 Å². The molecule has 1 aliphatic rings. The predicted molar refractivity (Wildman–Crippen MR) is 84.7 cm³/mol. The molecule has 0 aromatic heterocycles. The molecule has 2 aromatic rings. The number of benzene rings is 2. The van der Waals surface area contributed by atoms with Crippen LogP contribution in [0, 0.1) is 5.82 Å². The third-order valence-corrected chi connectivity index (χ3v) is 4.42. The first-order valence-electron chi connectivity index (χ1n) is 7.83. The van der Waals surface area contributed by atoms with E-state index in [9.17, 15) is 4.39 Å². The van der Waals surface area contributed by atoms with E-state index in [0.717, 1.165) is 12.0 Å². The van der Waals surface area contributed by atoms with Crippen LogP contribution in [-0.4, -0.2) is 0 Å². The van der Waals surface area contributed by atoms with Gasteiger partial charge in [0.05, 0.1) is 0 Å². The third kappa shape index (κ3) is 3.33. The van der Waals surface area contributed by atoms with Crippen molar-refractivity contribution < 1.29 is 4.39 Å². The molecule has 110 valence electrons. The maximum absolute atomic E-state index is 13.4. The molecule has 2 heteroatoms. The van der Waals surface area contributed by atoms with Crippen LogP contribution < -0.4 is 5.32 Å². The van der Waals surface area contributed by atoms with E-state index in [2.05, 4.69) is 36.5 Å². The molecule has 2 aromatic carbocycles. The molecule has 0 aliphatic heterocycles. The van der Waals surface area contributed by atoms with Gasteiger partial charge in [-0.15, -0.1) is 0 Å². The summed E-state index contributed by atoms with van der Waals surface area (Å²) < 4.78 is 13.4. The molecule has 0 amide bonds. The zero-order chi connectivity index (χ0) is 14.7. The van der Waals surface area contributed by atoms with Crippen LogP contribution in [-0.2, 0) is 6.42 Å². The van der Waals surface area contributed by atoms with E-state index < -0.39 is 0 Å². The molecule has 3 rings (SSSR count). The number of fused-ring (bicyclic) bond motifs is 1. The number of halogens is 1. The molecule has 1 nitrogen and oxygen atoms in total. The Kier molecular flexibility index (Phi) is 4.35. The average Bonchev–Trinajstić information content (AvgIpc) is 2.70. The molecule has 0 saturated carbocycles. The Morgan fingerprint density at radius 1 is 1.10 bits per heavy atom. The first-order chi connectivity index (χ1) is 10.2. The van der Waals surface area contributed by atoms with Crippen LogP contribution in [0.25, 0.3) is 0 Å². The fourth-order valence-electron chi connectivity index (χ4n) is 3.27. The van der Waals surface area contributed by atoms with Crippen LogP contribution >= 0.6 is 0 Å². The molecular weight excluding hydrogens is 261 g/mol. The van der Waals surface area contributed by atoms with Crippen molar-refractivity contribution in [3.05, 3.63) is 71.0 Å². The zero-order valence-electron chi connectivity index (χ0n) is 12.5. The molecule has 0 spiro atoms. The Labute approximate surface area is 126 Å². The summed E-state index contributed by atoms with van der Waals surface area (Å²) in [4.78, 5) is 0. The molecule has 0 heterocycles. The van der Waals surface area contributed by atoms with Crippen molar-refractivity contribution in [2.45, 2.75) is 44.7 Å². The van der Waals surface area contributed by atoms with Crippen molar-refractivity contribution in [2.75, 3.05) is 0 Å². The first kappa shape index (κ1) is 14.3. The van der Waals surface area contributed by atoms with Crippen molar-refractivity contribution in [1.29, 1.82) is 0 Å². The fourth-order valence-corrected chi connectivity index (χ4v) is 3.27. The summed E-state index contributed by atoms with van der Waals surface area (Å²) in [6, 6.07) is 16.1. The fraction of sp³-hybridized carbons (Fsp3) is 0.368. The Morgan fingerprint density at radius 3 is 2.81 bits per heavy atom. The summed E-state index contributed by atoms with van der Waals surface area (Å²) in [5.74, 6) is -0.164. The molecule has 0 bridgehead atoms. The van der Waals surface area contributed by atoms with Crippen molar-refractivity contribution in [3.8, 4) is 0 Å². The highest BCUT2D eigenvalue weighted by atomic mass is 19.1. The number of aryl methyl sites for hydroxylation is 1. The quantitative estimate of drug-likeness (QED) is 0.786. The second-order valence-corrected chi connectivity index (χ2v) is 5.94. The monoisotopic (exact) mass is 283 g/mol. The first-order valence-corrected chi connectivity index (χ1v) is 7.83. The number of hydrogen-bond acceptors (Lipinski definition) is 1. The summed E-state index contributed by atoms with van der Waals surface area (Å²) in [5.41, 5.74) is 3.88. The Hall–Kier alpha value is -1.67. The van der Waals surface area contributed by atoms with E-state index in [1.807, 2.05) is 6.07 Å². The van der Waals surface area contributed by atoms with Gasteiger partial charge in [-0.3, -0.25) is 0 Å².